The summed E-state index contributed by atoms with van der Waals surface area (Å²) in [5.41, 5.74) is 2.63. The second kappa shape index (κ2) is 13.6. The van der Waals surface area contributed by atoms with E-state index in [1.54, 1.807) is 6.92 Å². The van der Waals surface area contributed by atoms with Crippen LogP contribution in [-0.4, -0.2) is 73.9 Å². The number of hydrogen-bond donors (Lipinski definition) is 1. The van der Waals surface area contributed by atoms with Crippen LogP contribution < -0.4 is 10.1 Å². The fourth-order valence-corrected chi connectivity index (χ4v) is 4.52. The molecule has 0 aromatic heterocycles. The summed E-state index contributed by atoms with van der Waals surface area (Å²) in [4.78, 5) is 39.2. The SMILES string of the molecule is COc1c(C)c2c(c(NC(=O)C(F)(Cl)Cl)c1C/C=C(\C)CCC(=O)OCCCN1CCOCC1)C(=O)OC2. The van der Waals surface area contributed by atoms with E-state index in [0.717, 1.165) is 44.8 Å². The molecule has 1 amide bonds. The molecular weight excluding hydrogens is 542 g/mol. The summed E-state index contributed by atoms with van der Waals surface area (Å²) < 4.78 is 32.1. The van der Waals surface area contributed by atoms with Crippen LogP contribution >= 0.6 is 23.2 Å². The molecule has 0 aliphatic carbocycles. The van der Waals surface area contributed by atoms with Gasteiger partial charge in [0.1, 0.15) is 12.4 Å². The van der Waals surface area contributed by atoms with Crippen molar-refractivity contribution in [1.82, 2.24) is 4.90 Å². The Bertz CT molecular complexity index is 1080. The van der Waals surface area contributed by atoms with Gasteiger partial charge in [0.25, 0.3) is 5.91 Å². The summed E-state index contributed by atoms with van der Waals surface area (Å²) in [6, 6.07) is 0. The second-order valence-corrected chi connectivity index (χ2v) is 10.4. The van der Waals surface area contributed by atoms with Gasteiger partial charge < -0.3 is 24.3 Å². The number of amides is 1. The smallest absolute Gasteiger partial charge is 0.341 e. The number of alkyl halides is 3. The monoisotopic (exact) mass is 574 g/mol. The first-order valence-electron chi connectivity index (χ1n) is 12.4. The van der Waals surface area contributed by atoms with Crippen LogP contribution in [0, 0.1) is 6.92 Å². The molecule has 1 saturated heterocycles. The largest absolute Gasteiger partial charge is 0.496 e. The Morgan fingerprint density at radius 3 is 2.61 bits per heavy atom. The Morgan fingerprint density at radius 2 is 1.95 bits per heavy atom. The molecule has 1 aromatic carbocycles. The van der Waals surface area contributed by atoms with Gasteiger partial charge in [-0.15, -0.1) is 0 Å². The molecule has 2 aliphatic heterocycles. The van der Waals surface area contributed by atoms with Crippen molar-refractivity contribution >= 4 is 46.7 Å². The number of hydrogen-bond acceptors (Lipinski definition) is 8. The molecule has 0 bridgehead atoms. The third-order valence-corrected chi connectivity index (χ3v) is 6.88. The quantitative estimate of drug-likeness (QED) is 0.171. The van der Waals surface area contributed by atoms with E-state index in [1.807, 2.05) is 13.0 Å². The van der Waals surface area contributed by atoms with Crippen molar-refractivity contribution < 1.29 is 37.7 Å². The van der Waals surface area contributed by atoms with E-state index in [0.29, 0.717) is 35.5 Å². The summed E-state index contributed by atoms with van der Waals surface area (Å²) >= 11 is 10.7. The molecule has 3 rings (SSSR count). The molecule has 0 unspecified atom stereocenters. The van der Waals surface area contributed by atoms with Crippen molar-refractivity contribution in [1.29, 1.82) is 0 Å². The zero-order valence-corrected chi connectivity index (χ0v) is 23.3. The van der Waals surface area contributed by atoms with Crippen molar-refractivity contribution in [2.45, 2.75) is 50.7 Å². The molecule has 2 heterocycles. The summed E-state index contributed by atoms with van der Waals surface area (Å²) in [7, 11) is 1.45. The van der Waals surface area contributed by atoms with Crippen LogP contribution in [0.2, 0.25) is 0 Å². The molecule has 210 valence electrons. The Kier molecular flexibility index (Phi) is 10.8. The number of anilines is 1. The van der Waals surface area contributed by atoms with E-state index in [2.05, 4.69) is 10.2 Å². The van der Waals surface area contributed by atoms with E-state index < -0.39 is 16.5 Å². The lowest BCUT2D eigenvalue weighted by atomic mass is 9.93. The van der Waals surface area contributed by atoms with E-state index in [1.165, 1.54) is 7.11 Å². The van der Waals surface area contributed by atoms with Crippen LogP contribution in [0.15, 0.2) is 11.6 Å². The van der Waals surface area contributed by atoms with Gasteiger partial charge in [0, 0.05) is 37.2 Å². The third kappa shape index (κ3) is 7.81. The second-order valence-electron chi connectivity index (χ2n) is 9.18. The number of nitrogens with one attached hydrogen (secondary N) is 1. The topological polar surface area (TPSA) is 103 Å². The van der Waals surface area contributed by atoms with Gasteiger partial charge >= 0.3 is 16.5 Å². The van der Waals surface area contributed by atoms with Gasteiger partial charge in [-0.05, 0) is 38.7 Å². The maximum atomic E-state index is 13.9. The maximum Gasteiger partial charge on any atom is 0.341 e. The minimum atomic E-state index is -3.21. The summed E-state index contributed by atoms with van der Waals surface area (Å²) in [6.07, 6.45) is 3.48. The minimum Gasteiger partial charge on any atom is -0.496 e. The van der Waals surface area contributed by atoms with Crippen molar-refractivity contribution in [2.24, 2.45) is 0 Å². The zero-order chi connectivity index (χ0) is 27.9. The van der Waals surface area contributed by atoms with Gasteiger partial charge in [-0.2, -0.15) is 4.39 Å². The van der Waals surface area contributed by atoms with E-state index in [4.69, 9.17) is 42.1 Å². The van der Waals surface area contributed by atoms with Crippen LogP contribution in [-0.2, 0) is 36.8 Å². The van der Waals surface area contributed by atoms with Crippen molar-refractivity contribution in [3.05, 3.63) is 33.9 Å². The maximum absolute atomic E-state index is 13.9. The lowest BCUT2D eigenvalue weighted by molar-refractivity contribution is -0.143. The molecule has 2 aliphatic rings. The number of cyclic esters (lactones) is 1. The van der Waals surface area contributed by atoms with Crippen LogP contribution in [0.3, 0.4) is 0 Å². The number of benzene rings is 1. The number of carbonyl (C=O) groups excluding carboxylic acids is 3. The average molecular weight is 575 g/mol. The lowest BCUT2D eigenvalue weighted by Crippen LogP contribution is -2.37. The van der Waals surface area contributed by atoms with E-state index in [9.17, 15) is 18.8 Å². The summed E-state index contributed by atoms with van der Waals surface area (Å²) in [5, 5.41) is 2.34. The first-order valence-corrected chi connectivity index (χ1v) is 13.2. The molecule has 1 N–H and O–H groups in total. The van der Waals surface area contributed by atoms with Crippen LogP contribution in [0.5, 0.6) is 5.75 Å². The fourth-order valence-electron chi connectivity index (χ4n) is 4.42. The number of methoxy groups -OCH3 is 1. The molecule has 38 heavy (non-hydrogen) atoms. The minimum absolute atomic E-state index is 0.00848. The average Bonchev–Trinajstić information content (AvgIpc) is 3.27. The van der Waals surface area contributed by atoms with Gasteiger partial charge in [0.05, 0.1) is 38.2 Å². The van der Waals surface area contributed by atoms with Crippen molar-refractivity contribution in [2.75, 3.05) is 51.9 Å². The Hall–Kier alpha value is -2.40. The van der Waals surface area contributed by atoms with E-state index in [-0.39, 0.29) is 36.7 Å². The molecule has 0 atom stereocenters. The molecule has 1 aromatic rings. The predicted molar refractivity (Wildman–Crippen MR) is 141 cm³/mol. The molecule has 0 saturated carbocycles. The number of esters is 2. The van der Waals surface area contributed by atoms with Gasteiger partial charge in [0.15, 0.2) is 0 Å². The summed E-state index contributed by atoms with van der Waals surface area (Å²) in [6.45, 7) is 8.09. The number of ether oxygens (including phenoxy) is 4. The zero-order valence-electron chi connectivity index (χ0n) is 21.8. The molecule has 1 fully saturated rings. The first kappa shape index (κ1) is 30.1. The number of allylic oxidation sites excluding steroid dienone is 2. The normalized spacial score (nSPS) is 16.2. The van der Waals surface area contributed by atoms with Gasteiger partial charge in [0.2, 0.25) is 0 Å². The highest BCUT2D eigenvalue weighted by atomic mass is 35.5. The van der Waals surface area contributed by atoms with Crippen LogP contribution in [0.25, 0.3) is 0 Å². The highest BCUT2D eigenvalue weighted by Crippen LogP contribution is 2.42. The van der Waals surface area contributed by atoms with Crippen LogP contribution in [0.4, 0.5) is 10.1 Å². The summed E-state index contributed by atoms with van der Waals surface area (Å²) in [5.74, 6) is -1.88. The predicted octanol–water partition coefficient (Wildman–Crippen LogP) is 4.25. The van der Waals surface area contributed by atoms with Gasteiger partial charge in [-0.25, -0.2) is 4.79 Å². The van der Waals surface area contributed by atoms with Gasteiger partial charge in [-0.1, -0.05) is 34.9 Å². The molecule has 9 nitrogen and oxygen atoms in total. The third-order valence-electron chi connectivity index (χ3n) is 6.54. The van der Waals surface area contributed by atoms with Gasteiger partial charge in [-0.3, -0.25) is 14.5 Å². The molecular formula is C26H33Cl2FN2O7. The molecule has 0 spiro atoms. The van der Waals surface area contributed by atoms with Crippen LogP contribution in [0.1, 0.15) is 53.2 Å². The number of rotatable bonds is 12. The Morgan fingerprint density at radius 1 is 1.24 bits per heavy atom. The highest BCUT2D eigenvalue weighted by molar-refractivity contribution is 6.57. The fraction of sp³-hybridized carbons (Fsp3) is 0.577. The number of nitrogens with zero attached hydrogens (tertiary/aromatic N) is 1. The number of halogens is 3. The van der Waals surface area contributed by atoms with E-state index >= 15 is 0 Å². The Balaban J connectivity index is 1.66. The number of carbonyl (C=O) groups is 3. The number of morpholine rings is 1. The Labute approximate surface area is 231 Å². The highest BCUT2D eigenvalue weighted by Gasteiger charge is 2.38. The van der Waals surface area contributed by atoms with Crippen molar-refractivity contribution in [3.8, 4) is 5.75 Å². The standard InChI is InChI=1S/C26H33Cl2FN2O7/c1-16(6-8-20(32)37-12-4-9-31-10-13-36-14-11-31)5-7-18-22(30-25(34)26(27,28)29)21-19(15-38-24(21)33)17(2)23(18)35-3/h5H,4,6-15H2,1-3H3,(H,30,34)/b16-5+. The van der Waals surface area contributed by atoms with Crippen molar-refractivity contribution in [3.63, 3.8) is 0 Å². The molecule has 0 radical (unpaired) electrons. The molecule has 12 heteroatoms. The lowest BCUT2D eigenvalue weighted by Gasteiger charge is -2.26. The first-order chi connectivity index (χ1) is 18.0. The number of fused-ring (bicyclic) bond motifs is 1.